The third-order valence-corrected chi connectivity index (χ3v) is 2.26. The maximum atomic E-state index is 11.5. The average Bonchev–Trinajstić information content (AvgIpc) is 2.57. The van der Waals surface area contributed by atoms with Crippen LogP contribution in [0.1, 0.15) is 17.0 Å². The molecule has 86 valence electrons. The van der Waals surface area contributed by atoms with E-state index in [4.69, 9.17) is 10.9 Å². The molecule has 0 aliphatic carbocycles. The fourth-order valence-electron chi connectivity index (χ4n) is 1.30. The van der Waals surface area contributed by atoms with Crippen molar-refractivity contribution in [2.45, 2.75) is 20.4 Å². The van der Waals surface area contributed by atoms with Gasteiger partial charge in [0.15, 0.2) is 0 Å². The summed E-state index contributed by atoms with van der Waals surface area (Å²) in [5.74, 6) is 3.08. The van der Waals surface area contributed by atoms with Gasteiger partial charge in [0.2, 0.25) is 0 Å². The van der Waals surface area contributed by atoms with Crippen LogP contribution in [-0.4, -0.2) is 29.7 Å². The molecule has 0 unspecified atom stereocenters. The number of terminal acetylenes is 1. The minimum Gasteiger partial charge on any atom is -0.361 e. The standard InChI is InChI=1S/C11H15N3O2/c1-5-6-12-11(15)14(4)7-10-8(2)13-16-9(10)3/h1H,6-7H2,2-4H3,(H,12,15). The van der Waals surface area contributed by atoms with Crippen LogP contribution in [0.3, 0.4) is 0 Å². The lowest BCUT2D eigenvalue weighted by Gasteiger charge is -2.16. The fraction of sp³-hybridized carbons (Fsp3) is 0.455. The highest BCUT2D eigenvalue weighted by Gasteiger charge is 2.14. The summed E-state index contributed by atoms with van der Waals surface area (Å²) in [7, 11) is 1.69. The van der Waals surface area contributed by atoms with Gasteiger partial charge in [-0.25, -0.2) is 4.79 Å². The van der Waals surface area contributed by atoms with Crippen molar-refractivity contribution in [3.8, 4) is 12.3 Å². The Labute approximate surface area is 94.8 Å². The minimum absolute atomic E-state index is 0.210. The van der Waals surface area contributed by atoms with Gasteiger partial charge in [0.05, 0.1) is 18.8 Å². The summed E-state index contributed by atoms with van der Waals surface area (Å²) in [6.07, 6.45) is 5.05. The number of amides is 2. The van der Waals surface area contributed by atoms with Crippen LogP contribution in [0, 0.1) is 26.2 Å². The summed E-state index contributed by atoms with van der Waals surface area (Å²) in [6, 6.07) is -0.210. The Morgan fingerprint density at radius 3 is 2.81 bits per heavy atom. The molecule has 2 amide bonds. The molecule has 0 aliphatic heterocycles. The monoisotopic (exact) mass is 221 g/mol. The van der Waals surface area contributed by atoms with E-state index in [0.717, 1.165) is 17.0 Å². The third-order valence-electron chi connectivity index (χ3n) is 2.26. The molecule has 1 N–H and O–H groups in total. The minimum atomic E-state index is -0.210. The highest BCUT2D eigenvalue weighted by atomic mass is 16.5. The van der Waals surface area contributed by atoms with Gasteiger partial charge in [-0.15, -0.1) is 6.42 Å². The zero-order valence-corrected chi connectivity index (χ0v) is 9.70. The molecule has 0 aliphatic rings. The van der Waals surface area contributed by atoms with Gasteiger partial charge in [-0.05, 0) is 13.8 Å². The van der Waals surface area contributed by atoms with E-state index >= 15 is 0 Å². The van der Waals surface area contributed by atoms with E-state index < -0.39 is 0 Å². The topological polar surface area (TPSA) is 58.4 Å². The van der Waals surface area contributed by atoms with Crippen LogP contribution >= 0.6 is 0 Å². The summed E-state index contributed by atoms with van der Waals surface area (Å²) in [6.45, 7) is 4.35. The SMILES string of the molecule is C#CCNC(=O)N(C)Cc1c(C)noc1C. The van der Waals surface area contributed by atoms with Crippen molar-refractivity contribution in [3.05, 3.63) is 17.0 Å². The Morgan fingerprint density at radius 1 is 1.62 bits per heavy atom. The zero-order valence-electron chi connectivity index (χ0n) is 9.70. The third kappa shape index (κ3) is 2.76. The van der Waals surface area contributed by atoms with E-state index in [1.54, 1.807) is 7.05 Å². The largest absolute Gasteiger partial charge is 0.361 e. The van der Waals surface area contributed by atoms with E-state index in [9.17, 15) is 4.79 Å². The quantitative estimate of drug-likeness (QED) is 0.776. The molecule has 1 aromatic heterocycles. The van der Waals surface area contributed by atoms with Gasteiger partial charge in [-0.1, -0.05) is 11.1 Å². The Kier molecular flexibility index (Phi) is 3.95. The maximum Gasteiger partial charge on any atom is 0.318 e. The predicted octanol–water partition coefficient (Wildman–Crippen LogP) is 1.07. The molecule has 5 nitrogen and oxygen atoms in total. The van der Waals surface area contributed by atoms with Crippen LogP contribution in [0.4, 0.5) is 4.79 Å². The van der Waals surface area contributed by atoms with Crippen molar-refractivity contribution in [3.63, 3.8) is 0 Å². The van der Waals surface area contributed by atoms with Gasteiger partial charge >= 0.3 is 6.03 Å². The Balaban J connectivity index is 2.61. The highest BCUT2D eigenvalue weighted by molar-refractivity contribution is 5.74. The second-order valence-electron chi connectivity index (χ2n) is 3.52. The second-order valence-corrected chi connectivity index (χ2v) is 3.52. The number of aryl methyl sites for hydroxylation is 2. The molecule has 0 saturated heterocycles. The first-order valence-corrected chi connectivity index (χ1v) is 4.90. The van der Waals surface area contributed by atoms with Crippen molar-refractivity contribution in [2.24, 2.45) is 0 Å². The van der Waals surface area contributed by atoms with E-state index in [1.807, 2.05) is 13.8 Å². The number of aromatic nitrogens is 1. The number of nitrogens with zero attached hydrogens (tertiary/aromatic N) is 2. The van der Waals surface area contributed by atoms with E-state index in [-0.39, 0.29) is 12.6 Å². The second kappa shape index (κ2) is 5.21. The number of rotatable bonds is 3. The van der Waals surface area contributed by atoms with Crippen molar-refractivity contribution < 1.29 is 9.32 Å². The predicted molar refractivity (Wildman–Crippen MR) is 59.7 cm³/mol. The molecule has 0 saturated carbocycles. The molecule has 5 heteroatoms. The molecule has 0 atom stereocenters. The molecule has 0 spiro atoms. The lowest BCUT2D eigenvalue weighted by molar-refractivity contribution is 0.208. The molecule has 0 aromatic carbocycles. The lowest BCUT2D eigenvalue weighted by atomic mass is 10.2. The van der Waals surface area contributed by atoms with Crippen molar-refractivity contribution in [1.29, 1.82) is 0 Å². The first-order valence-electron chi connectivity index (χ1n) is 4.90. The van der Waals surface area contributed by atoms with Gasteiger partial charge in [0, 0.05) is 12.6 Å². The molecular formula is C11H15N3O2. The molecule has 16 heavy (non-hydrogen) atoms. The van der Waals surface area contributed by atoms with Gasteiger partial charge in [0.25, 0.3) is 0 Å². The fourth-order valence-corrected chi connectivity index (χ4v) is 1.30. The number of carbonyl (C=O) groups excluding carboxylic acids is 1. The number of hydrogen-bond acceptors (Lipinski definition) is 3. The highest BCUT2D eigenvalue weighted by Crippen LogP contribution is 2.13. The van der Waals surface area contributed by atoms with Gasteiger partial charge < -0.3 is 14.7 Å². The van der Waals surface area contributed by atoms with Crippen molar-refractivity contribution in [2.75, 3.05) is 13.6 Å². The summed E-state index contributed by atoms with van der Waals surface area (Å²) in [5.41, 5.74) is 1.73. The average molecular weight is 221 g/mol. The molecule has 0 bridgehead atoms. The van der Waals surface area contributed by atoms with E-state index in [1.165, 1.54) is 4.90 Å². The van der Waals surface area contributed by atoms with Crippen LogP contribution in [0.2, 0.25) is 0 Å². The Morgan fingerprint density at radius 2 is 2.31 bits per heavy atom. The molecule has 0 fully saturated rings. The van der Waals surface area contributed by atoms with E-state index in [0.29, 0.717) is 6.54 Å². The smallest absolute Gasteiger partial charge is 0.318 e. The van der Waals surface area contributed by atoms with Crippen molar-refractivity contribution >= 4 is 6.03 Å². The summed E-state index contributed by atoms with van der Waals surface area (Å²) < 4.78 is 5.02. The van der Waals surface area contributed by atoms with Gasteiger partial charge in [0.1, 0.15) is 5.76 Å². The molecule has 1 heterocycles. The van der Waals surface area contributed by atoms with Gasteiger partial charge in [-0.3, -0.25) is 0 Å². The number of hydrogen-bond donors (Lipinski definition) is 1. The Bertz CT molecular complexity index is 398. The maximum absolute atomic E-state index is 11.5. The molecule has 1 rings (SSSR count). The summed E-state index contributed by atoms with van der Waals surface area (Å²) >= 11 is 0. The normalized spacial score (nSPS) is 9.62. The van der Waals surface area contributed by atoms with E-state index in [2.05, 4.69) is 16.4 Å². The summed E-state index contributed by atoms with van der Waals surface area (Å²) in [4.78, 5) is 13.1. The first kappa shape index (κ1) is 12.1. The molecule has 0 radical (unpaired) electrons. The van der Waals surface area contributed by atoms with Crippen LogP contribution in [0.5, 0.6) is 0 Å². The lowest BCUT2D eigenvalue weighted by Crippen LogP contribution is -2.37. The zero-order chi connectivity index (χ0) is 12.1. The number of urea groups is 1. The van der Waals surface area contributed by atoms with Crippen LogP contribution in [0.25, 0.3) is 0 Å². The van der Waals surface area contributed by atoms with Crippen LogP contribution in [-0.2, 0) is 6.54 Å². The Hall–Kier alpha value is -1.96. The van der Waals surface area contributed by atoms with Crippen LogP contribution < -0.4 is 5.32 Å². The van der Waals surface area contributed by atoms with Crippen LogP contribution in [0.15, 0.2) is 4.52 Å². The molecular weight excluding hydrogens is 206 g/mol. The first-order chi connectivity index (χ1) is 7.56. The van der Waals surface area contributed by atoms with Crippen molar-refractivity contribution in [1.82, 2.24) is 15.4 Å². The van der Waals surface area contributed by atoms with Gasteiger partial charge in [-0.2, -0.15) is 0 Å². The molecule has 1 aromatic rings. The summed E-state index contributed by atoms with van der Waals surface area (Å²) in [5, 5.41) is 6.41. The number of nitrogens with one attached hydrogen (secondary N) is 1. The number of carbonyl (C=O) groups is 1.